The van der Waals surface area contributed by atoms with E-state index in [4.69, 9.17) is 4.42 Å². The number of halogens is 1. The highest BCUT2D eigenvalue weighted by Crippen LogP contribution is 2.24. The number of carbonyl (C=O) groups excluding carboxylic acids is 2. The highest BCUT2D eigenvalue weighted by Gasteiger charge is 2.19. The highest BCUT2D eigenvalue weighted by atomic mass is 19.1. The Bertz CT molecular complexity index is 682. The molecule has 2 aromatic rings. The summed E-state index contributed by atoms with van der Waals surface area (Å²) in [6.07, 6.45) is 0. The summed E-state index contributed by atoms with van der Waals surface area (Å²) in [5, 5.41) is 5.13. The fourth-order valence-corrected chi connectivity index (χ4v) is 1.93. The molecule has 2 amide bonds. The van der Waals surface area contributed by atoms with E-state index in [0.717, 1.165) is 0 Å². The van der Waals surface area contributed by atoms with Crippen molar-refractivity contribution in [2.24, 2.45) is 0 Å². The summed E-state index contributed by atoms with van der Waals surface area (Å²) in [5.74, 6) is -0.958. The van der Waals surface area contributed by atoms with E-state index in [1.807, 2.05) is 0 Å². The van der Waals surface area contributed by atoms with Crippen molar-refractivity contribution >= 4 is 11.8 Å². The Labute approximate surface area is 127 Å². The second kappa shape index (κ2) is 6.89. The summed E-state index contributed by atoms with van der Waals surface area (Å²) in [4.78, 5) is 23.6. The number of nitrogens with one attached hydrogen (secondary N) is 2. The molecule has 1 aromatic carbocycles. The monoisotopic (exact) mass is 304 g/mol. The van der Waals surface area contributed by atoms with E-state index in [1.54, 1.807) is 32.0 Å². The fourth-order valence-electron chi connectivity index (χ4n) is 1.93. The van der Waals surface area contributed by atoms with Crippen molar-refractivity contribution < 1.29 is 18.4 Å². The van der Waals surface area contributed by atoms with E-state index in [1.165, 1.54) is 18.2 Å². The van der Waals surface area contributed by atoms with Gasteiger partial charge in [-0.3, -0.25) is 9.59 Å². The summed E-state index contributed by atoms with van der Waals surface area (Å²) >= 11 is 0. The zero-order valence-electron chi connectivity index (χ0n) is 12.4. The molecule has 0 spiro atoms. The molecule has 2 rings (SSSR count). The number of carbonyl (C=O) groups is 2. The van der Waals surface area contributed by atoms with E-state index in [2.05, 4.69) is 10.6 Å². The van der Waals surface area contributed by atoms with Crippen LogP contribution in [0.5, 0.6) is 0 Å². The molecule has 0 saturated heterocycles. The smallest absolute Gasteiger partial charge is 0.287 e. The number of amides is 2. The van der Waals surface area contributed by atoms with Gasteiger partial charge in [-0.15, -0.1) is 0 Å². The van der Waals surface area contributed by atoms with Crippen molar-refractivity contribution in [3.8, 4) is 11.3 Å². The van der Waals surface area contributed by atoms with Crippen LogP contribution in [0.2, 0.25) is 0 Å². The first kappa shape index (κ1) is 15.8. The lowest BCUT2D eigenvalue weighted by atomic mass is 10.1. The van der Waals surface area contributed by atoms with Crippen LogP contribution in [0.4, 0.5) is 4.39 Å². The van der Waals surface area contributed by atoms with Gasteiger partial charge in [0.05, 0.1) is 5.56 Å². The van der Waals surface area contributed by atoms with Gasteiger partial charge in [0.1, 0.15) is 17.6 Å². The first-order chi connectivity index (χ1) is 10.5. The Kier molecular flexibility index (Phi) is 4.93. The topological polar surface area (TPSA) is 71.3 Å². The van der Waals surface area contributed by atoms with Gasteiger partial charge in [-0.05, 0) is 38.1 Å². The maximum absolute atomic E-state index is 13.7. The van der Waals surface area contributed by atoms with Gasteiger partial charge >= 0.3 is 0 Å². The van der Waals surface area contributed by atoms with E-state index >= 15 is 0 Å². The molecule has 1 heterocycles. The molecule has 22 heavy (non-hydrogen) atoms. The SMILES string of the molecule is CCNC(=O)[C@H](C)NC(=O)c1ccc(-c2ccccc2F)o1. The quantitative estimate of drug-likeness (QED) is 0.890. The Balaban J connectivity index is 2.10. The van der Waals surface area contributed by atoms with Gasteiger partial charge < -0.3 is 15.1 Å². The lowest BCUT2D eigenvalue weighted by Crippen LogP contribution is -2.44. The molecule has 116 valence electrons. The minimum Gasteiger partial charge on any atom is -0.451 e. The average Bonchev–Trinajstić information content (AvgIpc) is 2.97. The maximum atomic E-state index is 13.7. The molecular weight excluding hydrogens is 287 g/mol. The van der Waals surface area contributed by atoms with Crippen LogP contribution in [0.15, 0.2) is 40.8 Å². The fraction of sp³-hybridized carbons (Fsp3) is 0.250. The van der Waals surface area contributed by atoms with Gasteiger partial charge in [0.15, 0.2) is 5.76 Å². The molecule has 0 saturated carbocycles. The number of hydrogen-bond donors (Lipinski definition) is 2. The normalized spacial score (nSPS) is 11.8. The average molecular weight is 304 g/mol. The molecule has 6 heteroatoms. The van der Waals surface area contributed by atoms with Gasteiger partial charge in [0.2, 0.25) is 5.91 Å². The van der Waals surface area contributed by atoms with Crippen LogP contribution in [0.25, 0.3) is 11.3 Å². The molecule has 0 unspecified atom stereocenters. The van der Waals surface area contributed by atoms with Crippen molar-refractivity contribution in [2.75, 3.05) is 6.54 Å². The molecule has 1 atom stereocenters. The first-order valence-electron chi connectivity index (χ1n) is 6.96. The number of likely N-dealkylation sites (N-methyl/N-ethyl adjacent to an activating group) is 1. The van der Waals surface area contributed by atoms with E-state index in [-0.39, 0.29) is 23.0 Å². The molecule has 0 fully saturated rings. The van der Waals surface area contributed by atoms with Crippen molar-refractivity contribution in [3.05, 3.63) is 48.0 Å². The van der Waals surface area contributed by atoms with Crippen LogP contribution < -0.4 is 10.6 Å². The van der Waals surface area contributed by atoms with Gasteiger partial charge in [0, 0.05) is 6.54 Å². The summed E-state index contributed by atoms with van der Waals surface area (Å²) < 4.78 is 19.0. The zero-order valence-corrected chi connectivity index (χ0v) is 12.4. The zero-order chi connectivity index (χ0) is 16.1. The number of rotatable bonds is 5. The Morgan fingerprint density at radius 1 is 1.23 bits per heavy atom. The third-order valence-corrected chi connectivity index (χ3v) is 3.06. The molecule has 2 N–H and O–H groups in total. The number of benzene rings is 1. The molecule has 0 aliphatic rings. The van der Waals surface area contributed by atoms with Crippen LogP contribution in [-0.4, -0.2) is 24.4 Å². The molecule has 0 radical (unpaired) electrons. The van der Waals surface area contributed by atoms with E-state index < -0.39 is 17.8 Å². The molecule has 0 bridgehead atoms. The third-order valence-electron chi connectivity index (χ3n) is 3.06. The van der Waals surface area contributed by atoms with Crippen molar-refractivity contribution in [2.45, 2.75) is 19.9 Å². The summed E-state index contributed by atoms with van der Waals surface area (Å²) in [5.41, 5.74) is 0.276. The van der Waals surface area contributed by atoms with E-state index in [9.17, 15) is 14.0 Å². The Hall–Kier alpha value is -2.63. The highest BCUT2D eigenvalue weighted by molar-refractivity contribution is 5.95. The van der Waals surface area contributed by atoms with E-state index in [0.29, 0.717) is 6.54 Å². The first-order valence-corrected chi connectivity index (χ1v) is 6.96. The summed E-state index contributed by atoms with van der Waals surface area (Å²) in [6, 6.07) is 8.41. The largest absolute Gasteiger partial charge is 0.451 e. The van der Waals surface area contributed by atoms with Crippen LogP contribution in [0, 0.1) is 5.82 Å². The molecule has 1 aromatic heterocycles. The Morgan fingerprint density at radius 3 is 2.64 bits per heavy atom. The van der Waals surface area contributed by atoms with Crippen LogP contribution in [0.1, 0.15) is 24.4 Å². The molecule has 0 aliphatic heterocycles. The third kappa shape index (κ3) is 3.52. The summed E-state index contributed by atoms with van der Waals surface area (Å²) in [6.45, 7) is 3.85. The number of hydrogen-bond acceptors (Lipinski definition) is 3. The molecule has 5 nitrogen and oxygen atoms in total. The van der Waals surface area contributed by atoms with Gasteiger partial charge in [0.25, 0.3) is 5.91 Å². The minimum absolute atomic E-state index is 0.0226. The lowest BCUT2D eigenvalue weighted by molar-refractivity contribution is -0.122. The summed E-state index contributed by atoms with van der Waals surface area (Å²) in [7, 11) is 0. The minimum atomic E-state index is -0.686. The predicted molar refractivity (Wildman–Crippen MR) is 79.7 cm³/mol. The predicted octanol–water partition coefficient (Wildman–Crippen LogP) is 2.34. The van der Waals surface area contributed by atoms with Gasteiger partial charge in [-0.25, -0.2) is 4.39 Å². The van der Waals surface area contributed by atoms with Crippen LogP contribution >= 0.6 is 0 Å². The van der Waals surface area contributed by atoms with Gasteiger partial charge in [-0.2, -0.15) is 0 Å². The van der Waals surface area contributed by atoms with Crippen LogP contribution in [-0.2, 0) is 4.79 Å². The molecule has 0 aliphatic carbocycles. The van der Waals surface area contributed by atoms with Gasteiger partial charge in [-0.1, -0.05) is 12.1 Å². The standard InChI is InChI=1S/C16H17FN2O3/c1-3-18-15(20)10(2)19-16(21)14-9-8-13(22-14)11-6-4-5-7-12(11)17/h4-10H,3H2,1-2H3,(H,18,20)(H,19,21)/t10-/m0/s1. The maximum Gasteiger partial charge on any atom is 0.287 e. The van der Waals surface area contributed by atoms with Crippen molar-refractivity contribution in [1.82, 2.24) is 10.6 Å². The van der Waals surface area contributed by atoms with Crippen LogP contribution in [0.3, 0.4) is 0 Å². The number of furan rings is 1. The second-order valence-corrected chi connectivity index (χ2v) is 4.73. The lowest BCUT2D eigenvalue weighted by Gasteiger charge is -2.12. The molecular formula is C16H17FN2O3. The van der Waals surface area contributed by atoms with Crippen molar-refractivity contribution in [1.29, 1.82) is 0 Å². The second-order valence-electron chi connectivity index (χ2n) is 4.73. The van der Waals surface area contributed by atoms with Crippen molar-refractivity contribution in [3.63, 3.8) is 0 Å². The Morgan fingerprint density at radius 2 is 1.95 bits per heavy atom.